The molecule has 2 fully saturated rings. The molecule has 1 N–H and O–H groups in total. The van der Waals surface area contributed by atoms with Gasteiger partial charge in [0.15, 0.2) is 0 Å². The first-order chi connectivity index (χ1) is 9.80. The molecule has 0 aromatic heterocycles. The van der Waals surface area contributed by atoms with E-state index in [9.17, 15) is 19.5 Å². The van der Waals surface area contributed by atoms with E-state index in [2.05, 4.69) is 0 Å². The molecule has 6 nitrogen and oxygen atoms in total. The van der Waals surface area contributed by atoms with Gasteiger partial charge in [-0.1, -0.05) is 20.8 Å². The van der Waals surface area contributed by atoms with Gasteiger partial charge in [0, 0.05) is 32.6 Å². The molecule has 1 saturated carbocycles. The molecule has 2 amide bonds. The van der Waals surface area contributed by atoms with E-state index in [0.717, 1.165) is 6.42 Å². The van der Waals surface area contributed by atoms with Gasteiger partial charge in [0.05, 0.1) is 11.8 Å². The molecule has 1 heterocycles. The molecular formula is C15H24N2O4. The quantitative estimate of drug-likeness (QED) is 0.836. The first-order valence-electron chi connectivity index (χ1n) is 7.60. The molecule has 0 bridgehead atoms. The Bertz CT molecular complexity index is 461. The molecular weight excluding hydrogens is 272 g/mol. The average Bonchev–Trinajstić information content (AvgIpc) is 3.08. The number of carbonyl (C=O) groups excluding carboxylic acids is 2. The third-order valence-corrected chi connectivity index (χ3v) is 4.82. The smallest absolute Gasteiger partial charge is 0.307 e. The molecule has 2 unspecified atom stereocenters. The van der Waals surface area contributed by atoms with Crippen LogP contribution in [-0.4, -0.2) is 58.9 Å². The number of nitrogens with zero attached hydrogens (tertiary/aromatic N) is 2. The van der Waals surface area contributed by atoms with Crippen molar-refractivity contribution < 1.29 is 19.5 Å². The van der Waals surface area contributed by atoms with Gasteiger partial charge >= 0.3 is 5.97 Å². The van der Waals surface area contributed by atoms with Crippen molar-refractivity contribution in [3.8, 4) is 0 Å². The van der Waals surface area contributed by atoms with Crippen molar-refractivity contribution in [2.75, 3.05) is 26.2 Å². The second kappa shape index (κ2) is 5.66. The van der Waals surface area contributed by atoms with Gasteiger partial charge < -0.3 is 14.9 Å². The highest BCUT2D eigenvalue weighted by Crippen LogP contribution is 2.59. The van der Waals surface area contributed by atoms with E-state index < -0.39 is 23.2 Å². The van der Waals surface area contributed by atoms with Gasteiger partial charge in [0.25, 0.3) is 0 Å². The molecule has 0 radical (unpaired) electrons. The van der Waals surface area contributed by atoms with Crippen molar-refractivity contribution >= 4 is 17.8 Å². The van der Waals surface area contributed by atoms with E-state index >= 15 is 0 Å². The van der Waals surface area contributed by atoms with Crippen LogP contribution < -0.4 is 0 Å². The summed E-state index contributed by atoms with van der Waals surface area (Å²) in [5, 5.41) is 9.19. The van der Waals surface area contributed by atoms with Crippen LogP contribution in [0, 0.1) is 17.3 Å². The Morgan fingerprint density at radius 1 is 1.05 bits per heavy atom. The fourth-order valence-electron chi connectivity index (χ4n) is 3.37. The highest BCUT2D eigenvalue weighted by Gasteiger charge is 2.66. The molecule has 0 aromatic rings. The normalized spacial score (nSPS) is 28.0. The van der Waals surface area contributed by atoms with Gasteiger partial charge in [-0.3, -0.25) is 14.4 Å². The van der Waals surface area contributed by atoms with Crippen molar-refractivity contribution in [1.29, 1.82) is 0 Å². The number of rotatable bonds is 3. The zero-order valence-electron chi connectivity index (χ0n) is 13.0. The molecule has 2 aliphatic rings. The number of carboxylic acids is 1. The highest BCUT2D eigenvalue weighted by molar-refractivity contribution is 5.91. The Hall–Kier alpha value is -1.59. The Morgan fingerprint density at radius 3 is 2.14 bits per heavy atom. The van der Waals surface area contributed by atoms with Crippen LogP contribution in [0.5, 0.6) is 0 Å². The van der Waals surface area contributed by atoms with Crippen molar-refractivity contribution in [1.82, 2.24) is 9.80 Å². The lowest BCUT2D eigenvalue weighted by Crippen LogP contribution is -2.38. The predicted octanol–water partition coefficient (Wildman–Crippen LogP) is 0.814. The topological polar surface area (TPSA) is 77.9 Å². The van der Waals surface area contributed by atoms with Crippen molar-refractivity contribution in [2.45, 2.75) is 33.6 Å². The van der Waals surface area contributed by atoms with Gasteiger partial charge in [-0.15, -0.1) is 0 Å². The molecule has 118 valence electrons. The fourth-order valence-corrected chi connectivity index (χ4v) is 3.37. The molecule has 0 aromatic carbocycles. The van der Waals surface area contributed by atoms with Crippen LogP contribution in [0.4, 0.5) is 0 Å². The molecule has 2 atom stereocenters. The maximum Gasteiger partial charge on any atom is 0.307 e. The minimum absolute atomic E-state index is 0.0711. The molecule has 21 heavy (non-hydrogen) atoms. The summed E-state index contributed by atoms with van der Waals surface area (Å²) in [6.07, 6.45) is 1.23. The summed E-state index contributed by atoms with van der Waals surface area (Å²) in [5.41, 5.74) is -0.464. The number of carbonyl (C=O) groups is 3. The lowest BCUT2D eigenvalue weighted by Gasteiger charge is -2.22. The average molecular weight is 296 g/mol. The van der Waals surface area contributed by atoms with Gasteiger partial charge in [0.1, 0.15) is 0 Å². The largest absolute Gasteiger partial charge is 0.481 e. The van der Waals surface area contributed by atoms with Gasteiger partial charge in [-0.2, -0.15) is 0 Å². The SMILES string of the molecule is CCC(=O)N1CCCN(C(=O)C2C(C(=O)O)C2(C)C)CC1. The van der Waals surface area contributed by atoms with Crippen molar-refractivity contribution in [3.63, 3.8) is 0 Å². The number of hydrogen-bond donors (Lipinski definition) is 1. The second-order valence-corrected chi connectivity index (χ2v) is 6.53. The van der Waals surface area contributed by atoms with E-state index in [1.807, 2.05) is 20.8 Å². The van der Waals surface area contributed by atoms with Crippen LogP contribution in [0.15, 0.2) is 0 Å². The summed E-state index contributed by atoms with van der Waals surface area (Å²) in [6.45, 7) is 7.82. The molecule has 1 saturated heterocycles. The van der Waals surface area contributed by atoms with Crippen LogP contribution in [0.1, 0.15) is 33.6 Å². The predicted molar refractivity (Wildman–Crippen MR) is 76.5 cm³/mol. The third-order valence-electron chi connectivity index (χ3n) is 4.82. The molecule has 1 aliphatic carbocycles. The fraction of sp³-hybridized carbons (Fsp3) is 0.800. The van der Waals surface area contributed by atoms with Gasteiger partial charge in [0.2, 0.25) is 11.8 Å². The van der Waals surface area contributed by atoms with E-state index in [-0.39, 0.29) is 11.8 Å². The van der Waals surface area contributed by atoms with E-state index in [4.69, 9.17) is 0 Å². The van der Waals surface area contributed by atoms with Crippen molar-refractivity contribution in [3.05, 3.63) is 0 Å². The minimum Gasteiger partial charge on any atom is -0.481 e. The standard InChI is InChI=1S/C15H24N2O4/c1-4-10(18)16-6-5-7-17(9-8-16)13(19)11-12(14(20)21)15(11,2)3/h11-12H,4-9H2,1-3H3,(H,20,21). The van der Waals surface area contributed by atoms with Crippen LogP contribution in [0.2, 0.25) is 0 Å². The lowest BCUT2D eigenvalue weighted by molar-refractivity contribution is -0.142. The monoisotopic (exact) mass is 296 g/mol. The van der Waals surface area contributed by atoms with E-state index in [1.165, 1.54) is 0 Å². The Labute approximate surface area is 125 Å². The third kappa shape index (κ3) is 2.89. The minimum atomic E-state index is -0.893. The molecule has 1 aliphatic heterocycles. The number of amides is 2. The summed E-state index contributed by atoms with van der Waals surface area (Å²) in [4.78, 5) is 39.0. The van der Waals surface area contributed by atoms with E-state index in [0.29, 0.717) is 32.6 Å². The summed E-state index contributed by atoms with van der Waals surface area (Å²) in [5.74, 6) is -1.86. The maximum absolute atomic E-state index is 12.5. The highest BCUT2D eigenvalue weighted by atomic mass is 16.4. The summed E-state index contributed by atoms with van der Waals surface area (Å²) in [7, 11) is 0. The van der Waals surface area contributed by atoms with Crippen LogP contribution >= 0.6 is 0 Å². The zero-order chi connectivity index (χ0) is 15.8. The Kier molecular flexibility index (Phi) is 4.25. The van der Waals surface area contributed by atoms with E-state index in [1.54, 1.807) is 9.80 Å². The van der Waals surface area contributed by atoms with Crippen LogP contribution in [0.3, 0.4) is 0 Å². The van der Waals surface area contributed by atoms with Crippen LogP contribution in [0.25, 0.3) is 0 Å². The molecule has 2 rings (SSSR count). The lowest BCUT2D eigenvalue weighted by atomic mass is 10.1. The first-order valence-corrected chi connectivity index (χ1v) is 7.60. The van der Waals surface area contributed by atoms with Crippen molar-refractivity contribution in [2.24, 2.45) is 17.3 Å². The summed E-state index contributed by atoms with van der Waals surface area (Å²) >= 11 is 0. The number of carboxylic acid groups (broad SMARTS) is 1. The number of hydrogen-bond acceptors (Lipinski definition) is 3. The van der Waals surface area contributed by atoms with Crippen LogP contribution in [-0.2, 0) is 14.4 Å². The summed E-state index contributed by atoms with van der Waals surface area (Å²) in [6, 6.07) is 0. The Balaban J connectivity index is 1.99. The van der Waals surface area contributed by atoms with Gasteiger partial charge in [-0.25, -0.2) is 0 Å². The summed E-state index contributed by atoms with van der Waals surface area (Å²) < 4.78 is 0. The second-order valence-electron chi connectivity index (χ2n) is 6.53. The number of aliphatic carboxylic acids is 1. The maximum atomic E-state index is 12.5. The molecule has 6 heteroatoms. The van der Waals surface area contributed by atoms with Gasteiger partial charge in [-0.05, 0) is 11.8 Å². The molecule has 0 spiro atoms. The Morgan fingerprint density at radius 2 is 1.62 bits per heavy atom. The first kappa shape index (κ1) is 15.8. The zero-order valence-corrected chi connectivity index (χ0v) is 13.0.